The van der Waals surface area contributed by atoms with Crippen LogP contribution in [0.25, 0.3) is 0 Å². The Morgan fingerprint density at radius 2 is 1.90 bits per heavy atom. The summed E-state index contributed by atoms with van der Waals surface area (Å²) in [6.45, 7) is 6.38. The summed E-state index contributed by atoms with van der Waals surface area (Å²) in [5, 5.41) is 3.49. The maximum absolute atomic E-state index is 3.58. The lowest BCUT2D eigenvalue weighted by Crippen LogP contribution is -2.23. The van der Waals surface area contributed by atoms with Gasteiger partial charge in [-0.1, -0.05) is 59.3 Å². The molecular formula is C18H22BrN. The highest BCUT2D eigenvalue weighted by molar-refractivity contribution is 9.10. The second-order valence-electron chi connectivity index (χ2n) is 5.19. The van der Waals surface area contributed by atoms with Crippen LogP contribution in [0, 0.1) is 6.92 Å². The molecule has 0 aliphatic carbocycles. The molecule has 1 unspecified atom stereocenters. The van der Waals surface area contributed by atoms with Crippen molar-refractivity contribution in [1.82, 2.24) is 5.32 Å². The van der Waals surface area contributed by atoms with Crippen molar-refractivity contribution in [2.45, 2.75) is 26.2 Å². The Morgan fingerprint density at radius 1 is 1.10 bits per heavy atom. The zero-order valence-corrected chi connectivity index (χ0v) is 13.8. The molecule has 2 rings (SSSR count). The van der Waals surface area contributed by atoms with Crippen molar-refractivity contribution in [3.63, 3.8) is 0 Å². The van der Waals surface area contributed by atoms with Crippen LogP contribution >= 0.6 is 15.9 Å². The standard InChI is InChI=1S/C18H22BrN/c1-3-20-13-17(16-9-6-10-18(19)12-16)11-15-8-5-4-7-14(15)2/h4-10,12,17,20H,3,11,13H2,1-2H3. The quantitative estimate of drug-likeness (QED) is 0.809. The van der Waals surface area contributed by atoms with Crippen LogP contribution < -0.4 is 5.32 Å². The molecule has 0 aliphatic rings. The minimum absolute atomic E-state index is 0.508. The molecule has 0 bridgehead atoms. The molecule has 2 aromatic rings. The molecule has 0 fully saturated rings. The number of aryl methyl sites for hydroxylation is 1. The van der Waals surface area contributed by atoms with Gasteiger partial charge in [-0.15, -0.1) is 0 Å². The number of hydrogen-bond acceptors (Lipinski definition) is 1. The molecule has 0 saturated carbocycles. The van der Waals surface area contributed by atoms with E-state index < -0.39 is 0 Å². The van der Waals surface area contributed by atoms with Gasteiger partial charge >= 0.3 is 0 Å². The Bertz CT molecular complexity index is 551. The van der Waals surface area contributed by atoms with Gasteiger partial charge in [0.25, 0.3) is 0 Å². The maximum Gasteiger partial charge on any atom is 0.0178 e. The summed E-state index contributed by atoms with van der Waals surface area (Å²) in [6.07, 6.45) is 1.08. The van der Waals surface area contributed by atoms with Gasteiger partial charge in [0.2, 0.25) is 0 Å². The molecule has 0 radical (unpaired) electrons. The van der Waals surface area contributed by atoms with E-state index >= 15 is 0 Å². The molecule has 1 atom stereocenters. The van der Waals surface area contributed by atoms with E-state index in [4.69, 9.17) is 0 Å². The predicted molar refractivity (Wildman–Crippen MR) is 90.3 cm³/mol. The fourth-order valence-corrected chi connectivity index (χ4v) is 2.91. The molecule has 0 spiro atoms. The third-order valence-electron chi connectivity index (χ3n) is 3.69. The molecule has 20 heavy (non-hydrogen) atoms. The van der Waals surface area contributed by atoms with Gasteiger partial charge in [0.05, 0.1) is 0 Å². The third kappa shape index (κ3) is 4.19. The van der Waals surface area contributed by atoms with Crippen molar-refractivity contribution >= 4 is 15.9 Å². The van der Waals surface area contributed by atoms with Gasteiger partial charge in [-0.3, -0.25) is 0 Å². The zero-order valence-electron chi connectivity index (χ0n) is 12.2. The Balaban J connectivity index is 2.21. The number of hydrogen-bond donors (Lipinski definition) is 1. The second kappa shape index (κ2) is 7.61. The molecule has 0 amide bonds. The topological polar surface area (TPSA) is 12.0 Å². The SMILES string of the molecule is CCNCC(Cc1ccccc1C)c1cccc(Br)c1. The van der Waals surface area contributed by atoms with Crippen LogP contribution in [0.2, 0.25) is 0 Å². The third-order valence-corrected chi connectivity index (χ3v) is 4.18. The van der Waals surface area contributed by atoms with E-state index in [0.717, 1.165) is 24.0 Å². The lowest BCUT2D eigenvalue weighted by Gasteiger charge is -2.19. The highest BCUT2D eigenvalue weighted by Gasteiger charge is 2.13. The maximum atomic E-state index is 3.58. The smallest absolute Gasteiger partial charge is 0.0178 e. The van der Waals surface area contributed by atoms with Gasteiger partial charge in [0, 0.05) is 16.9 Å². The highest BCUT2D eigenvalue weighted by atomic mass is 79.9. The molecule has 1 N–H and O–H groups in total. The van der Waals surface area contributed by atoms with Gasteiger partial charge in [-0.2, -0.15) is 0 Å². The summed E-state index contributed by atoms with van der Waals surface area (Å²) < 4.78 is 1.15. The Labute approximate surface area is 130 Å². The van der Waals surface area contributed by atoms with E-state index in [9.17, 15) is 0 Å². The number of halogens is 1. The first-order valence-electron chi connectivity index (χ1n) is 7.21. The molecule has 2 aromatic carbocycles. The highest BCUT2D eigenvalue weighted by Crippen LogP contribution is 2.24. The lowest BCUT2D eigenvalue weighted by atomic mass is 9.90. The molecular weight excluding hydrogens is 310 g/mol. The van der Waals surface area contributed by atoms with E-state index in [1.807, 2.05) is 0 Å². The van der Waals surface area contributed by atoms with Crippen LogP contribution in [0.3, 0.4) is 0 Å². The van der Waals surface area contributed by atoms with Crippen molar-refractivity contribution in [3.05, 3.63) is 69.7 Å². The largest absolute Gasteiger partial charge is 0.316 e. The summed E-state index contributed by atoms with van der Waals surface area (Å²) in [7, 11) is 0. The Hall–Kier alpha value is -1.12. The van der Waals surface area contributed by atoms with Gasteiger partial charge in [-0.05, 0) is 48.7 Å². The molecule has 2 heteroatoms. The van der Waals surface area contributed by atoms with Crippen LogP contribution in [-0.4, -0.2) is 13.1 Å². The van der Waals surface area contributed by atoms with Crippen LogP contribution in [0.1, 0.15) is 29.5 Å². The van der Waals surface area contributed by atoms with Crippen molar-refractivity contribution in [3.8, 4) is 0 Å². The predicted octanol–water partition coefficient (Wildman–Crippen LogP) is 4.69. The van der Waals surface area contributed by atoms with Crippen LogP contribution in [0.5, 0.6) is 0 Å². The molecule has 0 aromatic heterocycles. The van der Waals surface area contributed by atoms with Crippen molar-refractivity contribution < 1.29 is 0 Å². The van der Waals surface area contributed by atoms with E-state index in [-0.39, 0.29) is 0 Å². The molecule has 0 saturated heterocycles. The van der Waals surface area contributed by atoms with Crippen LogP contribution in [0.15, 0.2) is 53.0 Å². The number of likely N-dealkylation sites (N-methyl/N-ethyl adjacent to an activating group) is 1. The van der Waals surface area contributed by atoms with E-state index in [1.165, 1.54) is 16.7 Å². The van der Waals surface area contributed by atoms with E-state index in [2.05, 4.69) is 83.6 Å². The van der Waals surface area contributed by atoms with Crippen molar-refractivity contribution in [2.75, 3.05) is 13.1 Å². The monoisotopic (exact) mass is 331 g/mol. The average molecular weight is 332 g/mol. The minimum atomic E-state index is 0.508. The number of rotatable bonds is 6. The normalized spacial score (nSPS) is 12.3. The van der Waals surface area contributed by atoms with Gasteiger partial charge in [0.15, 0.2) is 0 Å². The summed E-state index contributed by atoms with van der Waals surface area (Å²) in [6, 6.07) is 17.3. The number of nitrogens with one attached hydrogen (secondary N) is 1. The summed E-state index contributed by atoms with van der Waals surface area (Å²) in [5.74, 6) is 0.508. The molecule has 0 aliphatic heterocycles. The van der Waals surface area contributed by atoms with Crippen LogP contribution in [-0.2, 0) is 6.42 Å². The Kier molecular flexibility index (Phi) is 5.81. The van der Waals surface area contributed by atoms with Crippen LogP contribution in [0.4, 0.5) is 0 Å². The minimum Gasteiger partial charge on any atom is -0.316 e. The van der Waals surface area contributed by atoms with Gasteiger partial charge < -0.3 is 5.32 Å². The summed E-state index contributed by atoms with van der Waals surface area (Å²) in [5.41, 5.74) is 4.21. The zero-order chi connectivity index (χ0) is 14.4. The van der Waals surface area contributed by atoms with E-state index in [0.29, 0.717) is 5.92 Å². The first kappa shape index (κ1) is 15.3. The second-order valence-corrected chi connectivity index (χ2v) is 6.11. The van der Waals surface area contributed by atoms with Gasteiger partial charge in [-0.25, -0.2) is 0 Å². The summed E-state index contributed by atoms with van der Waals surface area (Å²) in [4.78, 5) is 0. The molecule has 1 nitrogen and oxygen atoms in total. The lowest BCUT2D eigenvalue weighted by molar-refractivity contribution is 0.594. The van der Waals surface area contributed by atoms with Gasteiger partial charge in [0.1, 0.15) is 0 Å². The molecule has 0 heterocycles. The fourth-order valence-electron chi connectivity index (χ4n) is 2.49. The molecule has 106 valence electrons. The fraction of sp³-hybridized carbons (Fsp3) is 0.333. The summed E-state index contributed by atoms with van der Waals surface area (Å²) >= 11 is 3.58. The number of benzene rings is 2. The first-order chi connectivity index (χ1) is 9.70. The first-order valence-corrected chi connectivity index (χ1v) is 8.00. The van der Waals surface area contributed by atoms with Crippen molar-refractivity contribution in [2.24, 2.45) is 0 Å². The Morgan fingerprint density at radius 3 is 2.60 bits per heavy atom. The average Bonchev–Trinajstić information content (AvgIpc) is 2.45. The van der Waals surface area contributed by atoms with Crippen molar-refractivity contribution in [1.29, 1.82) is 0 Å². The van der Waals surface area contributed by atoms with E-state index in [1.54, 1.807) is 0 Å².